The average molecular weight is 256 g/mol. The van der Waals surface area contributed by atoms with Gasteiger partial charge >= 0.3 is 5.97 Å². The quantitative estimate of drug-likeness (QED) is 0.882. The Kier molecular flexibility index (Phi) is 3.80. The van der Waals surface area contributed by atoms with Crippen molar-refractivity contribution in [3.05, 3.63) is 58.9 Å². The summed E-state index contributed by atoms with van der Waals surface area (Å²) >= 11 is 0. The number of carbonyl (C=O) groups is 1. The average Bonchev–Trinajstić information content (AvgIpc) is 2.38. The van der Waals surface area contributed by atoms with E-state index in [9.17, 15) is 4.79 Å². The van der Waals surface area contributed by atoms with E-state index < -0.39 is 5.97 Å². The first kappa shape index (κ1) is 13.1. The first-order chi connectivity index (χ1) is 9.08. The van der Waals surface area contributed by atoms with Gasteiger partial charge in [0.1, 0.15) is 0 Å². The zero-order chi connectivity index (χ0) is 13.8. The van der Waals surface area contributed by atoms with Crippen LogP contribution in [0.25, 0.3) is 0 Å². The summed E-state index contributed by atoms with van der Waals surface area (Å²) in [6, 6.07) is 7.70. The van der Waals surface area contributed by atoms with Gasteiger partial charge in [-0.1, -0.05) is 23.8 Å². The van der Waals surface area contributed by atoms with Crippen molar-refractivity contribution in [2.45, 2.75) is 20.4 Å². The number of carboxylic acids is 1. The Morgan fingerprint density at radius 2 is 2.11 bits per heavy atom. The van der Waals surface area contributed by atoms with Crippen LogP contribution >= 0.6 is 0 Å². The third kappa shape index (κ3) is 3.10. The molecule has 0 saturated carbocycles. The van der Waals surface area contributed by atoms with Crippen LogP contribution in [0.5, 0.6) is 0 Å². The van der Waals surface area contributed by atoms with Crippen molar-refractivity contribution < 1.29 is 9.90 Å². The van der Waals surface area contributed by atoms with Crippen LogP contribution in [0.2, 0.25) is 0 Å². The molecule has 0 saturated heterocycles. The number of pyridine rings is 1. The van der Waals surface area contributed by atoms with Crippen LogP contribution in [0.1, 0.15) is 27.0 Å². The van der Waals surface area contributed by atoms with E-state index in [-0.39, 0.29) is 5.56 Å². The molecule has 0 radical (unpaired) electrons. The Labute approximate surface area is 112 Å². The van der Waals surface area contributed by atoms with Crippen molar-refractivity contribution in [3.63, 3.8) is 0 Å². The summed E-state index contributed by atoms with van der Waals surface area (Å²) in [5, 5.41) is 12.2. The Bertz CT molecular complexity index is 609. The van der Waals surface area contributed by atoms with Crippen LogP contribution in [0.4, 0.5) is 5.69 Å². The van der Waals surface area contributed by atoms with Crippen molar-refractivity contribution in [1.29, 1.82) is 0 Å². The molecule has 0 fully saturated rings. The summed E-state index contributed by atoms with van der Waals surface area (Å²) < 4.78 is 0. The molecule has 0 spiro atoms. The molecule has 0 aliphatic carbocycles. The highest BCUT2D eigenvalue weighted by Crippen LogP contribution is 2.16. The molecule has 1 heterocycles. The Balaban J connectivity index is 2.17. The monoisotopic (exact) mass is 256 g/mol. The van der Waals surface area contributed by atoms with Gasteiger partial charge in [0.25, 0.3) is 0 Å². The molecule has 0 unspecified atom stereocenters. The van der Waals surface area contributed by atoms with E-state index in [4.69, 9.17) is 5.11 Å². The van der Waals surface area contributed by atoms with E-state index in [0.717, 1.165) is 5.56 Å². The molecule has 2 N–H and O–H groups in total. The maximum absolute atomic E-state index is 11.1. The molecule has 2 aromatic rings. The maximum Gasteiger partial charge on any atom is 0.337 e. The summed E-state index contributed by atoms with van der Waals surface area (Å²) in [6.45, 7) is 4.68. The molecule has 4 heteroatoms. The number of rotatable bonds is 4. The number of hydrogen-bond donors (Lipinski definition) is 2. The van der Waals surface area contributed by atoms with Gasteiger partial charge in [0, 0.05) is 12.7 Å². The lowest BCUT2D eigenvalue weighted by Gasteiger charge is -2.11. The molecule has 2 rings (SSSR count). The number of nitrogens with one attached hydrogen (secondary N) is 1. The van der Waals surface area contributed by atoms with E-state index in [1.807, 2.05) is 19.9 Å². The van der Waals surface area contributed by atoms with E-state index in [0.29, 0.717) is 12.2 Å². The fraction of sp³-hybridized carbons (Fsp3) is 0.200. The van der Waals surface area contributed by atoms with Crippen LogP contribution < -0.4 is 5.32 Å². The third-order valence-electron chi connectivity index (χ3n) is 3.02. The van der Waals surface area contributed by atoms with Crippen molar-refractivity contribution in [2.24, 2.45) is 0 Å². The second-order valence-electron chi connectivity index (χ2n) is 4.51. The van der Waals surface area contributed by atoms with Gasteiger partial charge < -0.3 is 10.4 Å². The molecular weight excluding hydrogens is 240 g/mol. The molecule has 98 valence electrons. The van der Waals surface area contributed by atoms with Crippen LogP contribution in [-0.2, 0) is 6.54 Å². The maximum atomic E-state index is 11.1. The summed E-state index contributed by atoms with van der Waals surface area (Å²) in [4.78, 5) is 15.0. The normalized spacial score (nSPS) is 10.2. The molecule has 4 nitrogen and oxygen atoms in total. The number of anilines is 1. The number of aromatic nitrogens is 1. The molecule has 0 amide bonds. The Morgan fingerprint density at radius 3 is 2.79 bits per heavy atom. The molecule has 0 atom stereocenters. The zero-order valence-electron chi connectivity index (χ0n) is 11.0. The van der Waals surface area contributed by atoms with Gasteiger partial charge in [-0.2, -0.15) is 0 Å². The number of carboxylic acid groups (broad SMARTS) is 1. The summed E-state index contributed by atoms with van der Waals surface area (Å²) in [6.07, 6.45) is 3.01. The van der Waals surface area contributed by atoms with Crippen molar-refractivity contribution in [1.82, 2.24) is 4.98 Å². The van der Waals surface area contributed by atoms with Crippen molar-refractivity contribution in [3.8, 4) is 0 Å². The van der Waals surface area contributed by atoms with E-state index in [1.165, 1.54) is 29.6 Å². The van der Waals surface area contributed by atoms with Gasteiger partial charge in [-0.3, -0.25) is 4.98 Å². The van der Waals surface area contributed by atoms with Gasteiger partial charge in [-0.25, -0.2) is 4.79 Å². The van der Waals surface area contributed by atoms with E-state index >= 15 is 0 Å². The largest absolute Gasteiger partial charge is 0.478 e. The molecule has 19 heavy (non-hydrogen) atoms. The lowest BCUT2D eigenvalue weighted by molar-refractivity contribution is 0.0698. The molecule has 1 aromatic carbocycles. The minimum atomic E-state index is -0.953. The third-order valence-corrected chi connectivity index (χ3v) is 3.02. The highest BCUT2D eigenvalue weighted by molar-refractivity contribution is 5.93. The Morgan fingerprint density at radius 1 is 1.32 bits per heavy atom. The van der Waals surface area contributed by atoms with Crippen LogP contribution in [-0.4, -0.2) is 16.1 Å². The molecule has 0 bridgehead atoms. The van der Waals surface area contributed by atoms with Gasteiger partial charge in [0.05, 0.1) is 17.4 Å². The lowest BCUT2D eigenvalue weighted by Crippen LogP contribution is -2.07. The predicted octanol–water partition coefficient (Wildman–Crippen LogP) is 3.01. The minimum Gasteiger partial charge on any atom is -0.478 e. The zero-order valence-corrected chi connectivity index (χ0v) is 11.0. The van der Waals surface area contributed by atoms with Gasteiger partial charge in [-0.15, -0.1) is 0 Å². The van der Waals surface area contributed by atoms with E-state index in [1.54, 1.807) is 0 Å². The first-order valence-corrected chi connectivity index (χ1v) is 6.05. The smallest absolute Gasteiger partial charge is 0.337 e. The molecule has 0 aliphatic rings. The fourth-order valence-corrected chi connectivity index (χ4v) is 1.96. The minimum absolute atomic E-state index is 0.236. The number of benzene rings is 1. The number of hydrogen-bond acceptors (Lipinski definition) is 3. The van der Waals surface area contributed by atoms with Crippen molar-refractivity contribution >= 4 is 11.7 Å². The number of aryl methyl sites for hydroxylation is 2. The number of aromatic carboxylic acids is 1. The fourth-order valence-electron chi connectivity index (χ4n) is 1.96. The second-order valence-corrected chi connectivity index (χ2v) is 4.51. The first-order valence-electron chi connectivity index (χ1n) is 6.05. The standard InChI is InChI=1S/C15H16N2O2/c1-10-3-4-12(11(2)7-10)8-17-14-9-16-6-5-13(14)15(18)19/h3-7,9,17H,8H2,1-2H3,(H,18,19). The van der Waals surface area contributed by atoms with Crippen molar-refractivity contribution in [2.75, 3.05) is 5.32 Å². The van der Waals surface area contributed by atoms with Crippen LogP contribution in [0.15, 0.2) is 36.7 Å². The highest BCUT2D eigenvalue weighted by atomic mass is 16.4. The van der Waals surface area contributed by atoms with Gasteiger partial charge in [0.15, 0.2) is 0 Å². The summed E-state index contributed by atoms with van der Waals surface area (Å²) in [7, 11) is 0. The SMILES string of the molecule is Cc1ccc(CNc2cnccc2C(=O)O)c(C)c1. The molecular formula is C15H16N2O2. The number of nitrogens with zero attached hydrogens (tertiary/aromatic N) is 1. The topological polar surface area (TPSA) is 62.2 Å². The lowest BCUT2D eigenvalue weighted by atomic mass is 10.1. The molecule has 0 aliphatic heterocycles. The Hall–Kier alpha value is -2.36. The second kappa shape index (κ2) is 5.52. The van der Waals surface area contributed by atoms with Crippen LogP contribution in [0.3, 0.4) is 0 Å². The van der Waals surface area contributed by atoms with E-state index in [2.05, 4.69) is 22.4 Å². The predicted molar refractivity (Wildman–Crippen MR) is 74.4 cm³/mol. The summed E-state index contributed by atoms with van der Waals surface area (Å²) in [5.74, 6) is -0.953. The highest BCUT2D eigenvalue weighted by Gasteiger charge is 2.09. The van der Waals surface area contributed by atoms with Crippen LogP contribution in [0, 0.1) is 13.8 Å². The van der Waals surface area contributed by atoms with Gasteiger partial charge in [-0.05, 0) is 31.0 Å². The molecule has 1 aromatic heterocycles. The summed E-state index contributed by atoms with van der Waals surface area (Å²) in [5.41, 5.74) is 4.32. The van der Waals surface area contributed by atoms with Gasteiger partial charge in [0.2, 0.25) is 0 Å².